The first-order valence-corrected chi connectivity index (χ1v) is 15.9. The van der Waals surface area contributed by atoms with E-state index in [1.165, 1.54) is 0 Å². The Bertz CT molecular complexity index is 1700. The van der Waals surface area contributed by atoms with Gasteiger partial charge in [0.1, 0.15) is 0 Å². The van der Waals surface area contributed by atoms with Gasteiger partial charge >= 0.3 is 0 Å². The number of amides is 2. The molecule has 4 aromatic carbocycles. The number of aromatic amines is 1. The first kappa shape index (κ1) is 33.3. The molecule has 5 rings (SSSR count). The molecule has 0 bridgehead atoms. The van der Waals surface area contributed by atoms with Gasteiger partial charge in [-0.05, 0) is 53.3 Å². The zero-order valence-electron chi connectivity index (χ0n) is 27.4. The molecule has 0 aliphatic carbocycles. The fourth-order valence-corrected chi connectivity index (χ4v) is 5.97. The Morgan fingerprint density at radius 3 is 2.06 bits per heavy atom. The Balaban J connectivity index is 1.44. The van der Waals surface area contributed by atoms with E-state index in [1.54, 1.807) is 26.2 Å². The second kappa shape index (κ2) is 16.5. The zero-order chi connectivity index (χ0) is 33.0. The Morgan fingerprint density at radius 2 is 1.40 bits per heavy atom. The van der Waals surface area contributed by atoms with Crippen molar-refractivity contribution in [2.45, 2.75) is 25.3 Å². The van der Waals surface area contributed by atoms with Crippen LogP contribution >= 0.6 is 0 Å². The van der Waals surface area contributed by atoms with Crippen molar-refractivity contribution in [3.05, 3.63) is 132 Å². The van der Waals surface area contributed by atoms with Crippen molar-refractivity contribution in [3.8, 4) is 11.5 Å². The average Bonchev–Trinajstić information content (AvgIpc) is 3.53. The molecule has 1 heterocycles. The van der Waals surface area contributed by atoms with E-state index in [2.05, 4.69) is 11.1 Å². The van der Waals surface area contributed by atoms with Crippen LogP contribution in [0.2, 0.25) is 0 Å². The van der Waals surface area contributed by atoms with Gasteiger partial charge in [-0.1, -0.05) is 84.9 Å². The summed E-state index contributed by atoms with van der Waals surface area (Å²) in [7, 11) is 4.84. The molecular weight excluding hydrogens is 590 g/mol. The Kier molecular flexibility index (Phi) is 11.7. The third kappa shape index (κ3) is 8.40. The highest BCUT2D eigenvalue weighted by atomic mass is 16.5. The molecule has 1 N–H and O–H groups in total. The maximum absolute atomic E-state index is 14.5. The largest absolute Gasteiger partial charge is 0.493 e. The normalized spacial score (nSPS) is 11.1. The number of nitrogens with one attached hydrogen (secondary N) is 1. The lowest BCUT2D eigenvalue weighted by molar-refractivity contribution is -0.141. The molecule has 5 aromatic rings. The fourth-order valence-electron chi connectivity index (χ4n) is 5.97. The number of methoxy groups -OCH3 is 3. The number of hydrogen-bond acceptors (Lipinski definition) is 5. The van der Waals surface area contributed by atoms with Crippen LogP contribution in [0.25, 0.3) is 10.9 Å². The van der Waals surface area contributed by atoms with Crippen LogP contribution < -0.4 is 9.47 Å². The molecular formula is C39H43N3O5. The van der Waals surface area contributed by atoms with Gasteiger partial charge in [-0.25, -0.2) is 0 Å². The Labute approximate surface area is 276 Å². The lowest BCUT2D eigenvalue weighted by Gasteiger charge is -2.31. The number of para-hydroxylation sites is 1. The molecule has 0 saturated heterocycles. The van der Waals surface area contributed by atoms with Gasteiger partial charge in [-0.2, -0.15) is 0 Å². The number of rotatable bonds is 16. The van der Waals surface area contributed by atoms with E-state index in [4.69, 9.17) is 14.2 Å². The van der Waals surface area contributed by atoms with E-state index >= 15 is 0 Å². The van der Waals surface area contributed by atoms with Crippen LogP contribution in [0.15, 0.2) is 109 Å². The van der Waals surface area contributed by atoms with Gasteiger partial charge in [0.25, 0.3) is 0 Å². The number of benzene rings is 4. The van der Waals surface area contributed by atoms with Gasteiger partial charge in [-0.15, -0.1) is 0 Å². The summed E-state index contributed by atoms with van der Waals surface area (Å²) in [4.78, 5) is 35.7. The molecule has 8 heteroatoms. The minimum Gasteiger partial charge on any atom is -0.493 e. The number of fused-ring (bicyclic) bond motifs is 1. The van der Waals surface area contributed by atoms with Crippen molar-refractivity contribution in [3.63, 3.8) is 0 Å². The molecule has 0 fully saturated rings. The molecule has 1 aromatic heterocycles. The average molecular weight is 634 g/mol. The number of nitrogens with zero attached hydrogens (tertiary/aromatic N) is 2. The van der Waals surface area contributed by atoms with E-state index in [1.807, 2.05) is 108 Å². The van der Waals surface area contributed by atoms with Gasteiger partial charge < -0.3 is 29.0 Å². The molecule has 0 aliphatic heterocycles. The summed E-state index contributed by atoms with van der Waals surface area (Å²) in [6, 6.07) is 33.3. The summed E-state index contributed by atoms with van der Waals surface area (Å²) >= 11 is 0. The van der Waals surface area contributed by atoms with Crippen LogP contribution in [-0.2, 0) is 27.3 Å². The zero-order valence-corrected chi connectivity index (χ0v) is 27.4. The van der Waals surface area contributed by atoms with E-state index < -0.39 is 5.92 Å². The molecule has 244 valence electrons. The highest BCUT2D eigenvalue weighted by molar-refractivity contribution is 5.91. The summed E-state index contributed by atoms with van der Waals surface area (Å²) in [6.45, 7) is 1.63. The number of H-pyrrole nitrogens is 1. The van der Waals surface area contributed by atoms with Crippen LogP contribution in [0.1, 0.15) is 34.6 Å². The lowest BCUT2D eigenvalue weighted by atomic mass is 9.90. The molecule has 2 amide bonds. The number of carbonyl (C=O) groups is 2. The molecule has 0 atom stereocenters. The molecule has 0 radical (unpaired) electrons. The summed E-state index contributed by atoms with van der Waals surface area (Å²) in [5.74, 6) is 0.424. The highest BCUT2D eigenvalue weighted by Crippen LogP contribution is 2.29. The number of hydrogen-bond donors (Lipinski definition) is 1. The van der Waals surface area contributed by atoms with Crippen LogP contribution in [0.3, 0.4) is 0 Å². The van der Waals surface area contributed by atoms with Gasteiger partial charge in [0.2, 0.25) is 11.8 Å². The van der Waals surface area contributed by atoms with Crippen molar-refractivity contribution < 1.29 is 23.8 Å². The van der Waals surface area contributed by atoms with E-state index in [0.717, 1.165) is 33.2 Å². The van der Waals surface area contributed by atoms with E-state index in [-0.39, 0.29) is 18.4 Å². The maximum Gasteiger partial charge on any atom is 0.242 e. The van der Waals surface area contributed by atoms with Gasteiger partial charge in [0, 0.05) is 50.5 Å². The van der Waals surface area contributed by atoms with Gasteiger partial charge in [0.05, 0.1) is 26.7 Å². The van der Waals surface area contributed by atoms with Crippen molar-refractivity contribution >= 4 is 22.7 Å². The first-order chi connectivity index (χ1) is 23.0. The first-order valence-electron chi connectivity index (χ1n) is 15.9. The van der Waals surface area contributed by atoms with Crippen LogP contribution in [0, 0.1) is 0 Å². The predicted octanol–water partition coefficient (Wildman–Crippen LogP) is 6.45. The third-order valence-electron chi connectivity index (χ3n) is 8.43. The minimum atomic E-state index is -0.543. The third-order valence-corrected chi connectivity index (χ3v) is 8.43. The van der Waals surface area contributed by atoms with Crippen LogP contribution in [-0.4, -0.2) is 74.2 Å². The molecule has 8 nitrogen and oxygen atoms in total. The number of ether oxygens (including phenoxy) is 3. The van der Waals surface area contributed by atoms with Crippen molar-refractivity contribution in [2.75, 3.05) is 47.6 Å². The second-order valence-electron chi connectivity index (χ2n) is 11.5. The van der Waals surface area contributed by atoms with Crippen LogP contribution in [0.5, 0.6) is 11.5 Å². The maximum atomic E-state index is 14.5. The van der Waals surface area contributed by atoms with Crippen LogP contribution in [0.4, 0.5) is 0 Å². The molecule has 0 spiro atoms. The van der Waals surface area contributed by atoms with Gasteiger partial charge in [-0.3, -0.25) is 9.59 Å². The monoisotopic (exact) mass is 633 g/mol. The fraction of sp³-hybridized carbons (Fsp3) is 0.282. The second-order valence-corrected chi connectivity index (χ2v) is 11.5. The summed E-state index contributed by atoms with van der Waals surface area (Å²) in [6.07, 6.45) is 3.27. The predicted molar refractivity (Wildman–Crippen MR) is 185 cm³/mol. The molecule has 47 heavy (non-hydrogen) atoms. The quantitative estimate of drug-likeness (QED) is 0.126. The van der Waals surface area contributed by atoms with Crippen molar-refractivity contribution in [2.24, 2.45) is 0 Å². The molecule has 0 saturated carbocycles. The summed E-state index contributed by atoms with van der Waals surface area (Å²) in [5, 5.41) is 1.14. The topological polar surface area (TPSA) is 84.1 Å². The van der Waals surface area contributed by atoms with E-state index in [9.17, 15) is 9.59 Å². The summed E-state index contributed by atoms with van der Waals surface area (Å²) in [5.41, 5.74) is 4.86. The smallest absolute Gasteiger partial charge is 0.242 e. The Morgan fingerprint density at radius 1 is 0.745 bits per heavy atom. The highest BCUT2D eigenvalue weighted by Gasteiger charge is 2.30. The molecule has 0 aliphatic rings. The lowest BCUT2D eigenvalue weighted by Crippen LogP contribution is -2.45. The number of aromatic nitrogens is 1. The summed E-state index contributed by atoms with van der Waals surface area (Å²) < 4.78 is 16.3. The Hall–Kier alpha value is -5.08. The standard InChI is InChI=1S/C39H43N3O5/c1-45-24-12-22-42(39(44)38(30-13-6-4-7-14-30)31-15-8-5-9-16-31)28-37(43)41(27-29-19-20-35(46-2)36(25-29)47-3)23-21-32-26-40-34-18-11-10-17-33(32)34/h4-11,13-20,25-26,38,40H,12,21-24,27-28H2,1-3H3. The number of carbonyl (C=O) groups excluding carboxylic acids is 2. The van der Waals surface area contributed by atoms with Crippen molar-refractivity contribution in [1.29, 1.82) is 0 Å². The minimum absolute atomic E-state index is 0.0557. The van der Waals surface area contributed by atoms with E-state index in [0.29, 0.717) is 50.6 Å². The van der Waals surface area contributed by atoms with Crippen molar-refractivity contribution in [1.82, 2.24) is 14.8 Å². The van der Waals surface area contributed by atoms with Gasteiger partial charge in [0.15, 0.2) is 11.5 Å². The SMILES string of the molecule is COCCCN(CC(=O)N(CCc1c[nH]c2ccccc12)Cc1ccc(OC)c(OC)c1)C(=O)C(c1ccccc1)c1ccccc1. The molecule has 0 unspecified atom stereocenters.